The van der Waals surface area contributed by atoms with E-state index in [0.717, 1.165) is 52.8 Å². The van der Waals surface area contributed by atoms with Crippen molar-refractivity contribution in [1.82, 2.24) is 14.9 Å². The van der Waals surface area contributed by atoms with Gasteiger partial charge in [0.05, 0.1) is 11.1 Å². The molecule has 4 heterocycles. The number of halogens is 1. The number of fused-ring (bicyclic) bond motifs is 1. The van der Waals surface area contributed by atoms with E-state index in [1.165, 1.54) is 10.4 Å². The zero-order valence-electron chi connectivity index (χ0n) is 18.9. The highest BCUT2D eigenvalue weighted by atomic mass is 35.5. The smallest absolute Gasteiger partial charge is 0.231 e. The van der Waals surface area contributed by atoms with Crippen molar-refractivity contribution < 1.29 is 4.79 Å². The monoisotopic (exact) mass is 499 g/mol. The lowest BCUT2D eigenvalue weighted by Gasteiger charge is -2.34. The Morgan fingerprint density at radius 2 is 1.88 bits per heavy atom. The van der Waals surface area contributed by atoms with Gasteiger partial charge in [-0.05, 0) is 56.5 Å². The molecule has 33 heavy (non-hydrogen) atoms. The van der Waals surface area contributed by atoms with E-state index in [2.05, 4.69) is 35.6 Å². The minimum absolute atomic E-state index is 0.00482. The minimum atomic E-state index is 0.00482. The normalized spacial score (nSPS) is 20.8. The molecule has 2 aliphatic heterocycles. The van der Waals surface area contributed by atoms with Crippen LogP contribution in [0.3, 0.4) is 0 Å². The summed E-state index contributed by atoms with van der Waals surface area (Å²) in [5.41, 5.74) is 2.08. The Balaban J connectivity index is 1.31. The van der Waals surface area contributed by atoms with Crippen LogP contribution in [-0.2, 0) is 4.79 Å². The second-order valence-electron chi connectivity index (χ2n) is 8.67. The van der Waals surface area contributed by atoms with Gasteiger partial charge in [-0.15, -0.1) is 11.3 Å². The van der Waals surface area contributed by atoms with Crippen LogP contribution in [0.4, 0.5) is 11.5 Å². The Morgan fingerprint density at radius 1 is 1.15 bits per heavy atom. The first-order chi connectivity index (χ1) is 15.9. The Kier molecular flexibility index (Phi) is 6.33. The number of aromatic nitrogens is 2. The number of anilines is 1. The van der Waals surface area contributed by atoms with Crippen LogP contribution >= 0.6 is 34.7 Å². The summed E-state index contributed by atoms with van der Waals surface area (Å²) in [7, 11) is 0. The lowest BCUT2D eigenvalue weighted by molar-refractivity contribution is -0.131. The van der Waals surface area contributed by atoms with E-state index < -0.39 is 0 Å². The molecule has 172 valence electrons. The van der Waals surface area contributed by atoms with Crippen LogP contribution in [0.15, 0.2) is 35.6 Å². The molecule has 9 heteroatoms. The molecule has 2 aliphatic rings. The largest absolute Gasteiger partial charge is 0.356 e. The number of aliphatic imine (C=N–C) groups is 1. The van der Waals surface area contributed by atoms with Gasteiger partial charge in [-0.3, -0.25) is 9.69 Å². The van der Waals surface area contributed by atoms with Crippen LogP contribution < -0.4 is 4.90 Å². The van der Waals surface area contributed by atoms with E-state index in [9.17, 15) is 4.79 Å². The molecule has 6 nitrogen and oxygen atoms in total. The van der Waals surface area contributed by atoms with Gasteiger partial charge in [0.15, 0.2) is 5.17 Å². The molecule has 0 aliphatic carbocycles. The van der Waals surface area contributed by atoms with Gasteiger partial charge >= 0.3 is 0 Å². The zero-order valence-corrected chi connectivity index (χ0v) is 21.3. The molecule has 1 amide bonds. The third kappa shape index (κ3) is 4.48. The van der Waals surface area contributed by atoms with Gasteiger partial charge in [0, 0.05) is 40.7 Å². The van der Waals surface area contributed by atoms with Crippen molar-refractivity contribution in [2.24, 2.45) is 10.9 Å². The summed E-state index contributed by atoms with van der Waals surface area (Å²) in [5.74, 6) is 1.20. The summed E-state index contributed by atoms with van der Waals surface area (Å²) in [4.78, 5) is 33.9. The first kappa shape index (κ1) is 22.6. The molecule has 0 saturated carbocycles. The highest BCUT2D eigenvalue weighted by Crippen LogP contribution is 2.36. The van der Waals surface area contributed by atoms with Gasteiger partial charge in [0.1, 0.15) is 17.0 Å². The summed E-state index contributed by atoms with van der Waals surface area (Å²) < 4.78 is 0. The van der Waals surface area contributed by atoms with Crippen LogP contribution in [0, 0.1) is 19.8 Å². The maximum atomic E-state index is 13.5. The van der Waals surface area contributed by atoms with Gasteiger partial charge in [-0.2, -0.15) is 0 Å². The number of carbonyl (C=O) groups is 1. The van der Waals surface area contributed by atoms with Gasteiger partial charge in [-0.25, -0.2) is 15.0 Å². The predicted molar refractivity (Wildman–Crippen MR) is 139 cm³/mol. The topological polar surface area (TPSA) is 61.7 Å². The third-order valence-electron chi connectivity index (χ3n) is 6.38. The molecule has 1 aromatic carbocycles. The van der Waals surface area contributed by atoms with Crippen molar-refractivity contribution >= 4 is 67.5 Å². The lowest BCUT2D eigenvalue weighted by atomic mass is 9.95. The molecule has 0 spiro atoms. The molecule has 0 radical (unpaired) electrons. The standard InChI is InChI=1S/C24H26ClN5OS2/c1-14-12-30(24(32-14)28-19-6-4-18(25)5-7-19)23(31)17-8-10-29(11-9-17)21-20-15(2)16(3)33-22(20)27-13-26-21/h4-7,13-14,17H,8-12H2,1-3H3/t14-/m0/s1. The third-order valence-corrected chi connectivity index (χ3v) is 8.82. The molecular weight excluding hydrogens is 474 g/mol. The fourth-order valence-corrected chi connectivity index (χ4v) is 6.63. The van der Waals surface area contributed by atoms with Gasteiger partial charge < -0.3 is 4.90 Å². The van der Waals surface area contributed by atoms with Crippen molar-refractivity contribution in [3.05, 3.63) is 46.1 Å². The number of carbonyl (C=O) groups excluding carboxylic acids is 1. The fraction of sp³-hybridized carbons (Fsp3) is 0.417. The van der Waals surface area contributed by atoms with E-state index in [0.29, 0.717) is 16.8 Å². The molecule has 0 unspecified atom stereocenters. The summed E-state index contributed by atoms with van der Waals surface area (Å²) >= 11 is 9.38. The Bertz CT molecular complexity index is 1220. The average Bonchev–Trinajstić information content (AvgIpc) is 3.33. The summed E-state index contributed by atoms with van der Waals surface area (Å²) in [5, 5.41) is 2.96. The van der Waals surface area contributed by atoms with Crippen molar-refractivity contribution in [2.45, 2.75) is 38.9 Å². The van der Waals surface area contributed by atoms with Crippen molar-refractivity contribution in [3.63, 3.8) is 0 Å². The number of hydrogen-bond donors (Lipinski definition) is 0. The van der Waals surface area contributed by atoms with Crippen molar-refractivity contribution in [2.75, 3.05) is 24.5 Å². The van der Waals surface area contributed by atoms with E-state index in [1.54, 1.807) is 29.4 Å². The van der Waals surface area contributed by atoms with E-state index in [1.807, 2.05) is 29.2 Å². The number of nitrogens with zero attached hydrogens (tertiary/aromatic N) is 5. The van der Waals surface area contributed by atoms with Crippen LogP contribution in [0.25, 0.3) is 10.2 Å². The molecular formula is C24H26ClN5OS2. The van der Waals surface area contributed by atoms with Crippen LogP contribution in [0.1, 0.15) is 30.2 Å². The fourth-order valence-electron chi connectivity index (χ4n) is 4.48. The lowest BCUT2D eigenvalue weighted by Crippen LogP contribution is -2.43. The number of piperidine rings is 1. The predicted octanol–water partition coefficient (Wildman–Crippen LogP) is 5.83. The Hall–Kier alpha value is -2.16. The van der Waals surface area contributed by atoms with Crippen LogP contribution in [0.2, 0.25) is 5.02 Å². The molecule has 0 bridgehead atoms. The van der Waals surface area contributed by atoms with Crippen LogP contribution in [0.5, 0.6) is 0 Å². The molecule has 0 N–H and O–H groups in total. The Morgan fingerprint density at radius 3 is 2.61 bits per heavy atom. The molecule has 2 aromatic heterocycles. The molecule has 5 rings (SSSR count). The van der Waals surface area contributed by atoms with E-state index in [-0.39, 0.29) is 11.8 Å². The molecule has 2 fully saturated rings. The SMILES string of the molecule is Cc1sc2ncnc(N3CCC(C(=O)N4C[C@H](C)SC4=Nc4ccc(Cl)cc4)CC3)c2c1C. The van der Waals surface area contributed by atoms with E-state index >= 15 is 0 Å². The number of amidine groups is 1. The highest BCUT2D eigenvalue weighted by Gasteiger charge is 2.36. The number of hydrogen-bond acceptors (Lipinski definition) is 7. The summed E-state index contributed by atoms with van der Waals surface area (Å²) in [6.45, 7) is 8.76. The van der Waals surface area contributed by atoms with Crippen molar-refractivity contribution in [1.29, 1.82) is 0 Å². The summed E-state index contributed by atoms with van der Waals surface area (Å²) in [6, 6.07) is 7.42. The zero-order chi connectivity index (χ0) is 23.1. The number of benzene rings is 1. The Labute approximate surface area is 207 Å². The van der Waals surface area contributed by atoms with E-state index in [4.69, 9.17) is 16.6 Å². The first-order valence-corrected chi connectivity index (χ1v) is 13.3. The number of amides is 1. The number of thiophene rings is 1. The average molecular weight is 500 g/mol. The minimum Gasteiger partial charge on any atom is -0.356 e. The summed E-state index contributed by atoms with van der Waals surface area (Å²) in [6.07, 6.45) is 3.29. The molecule has 2 saturated heterocycles. The molecule has 1 atom stereocenters. The highest BCUT2D eigenvalue weighted by molar-refractivity contribution is 8.14. The van der Waals surface area contributed by atoms with Gasteiger partial charge in [0.25, 0.3) is 0 Å². The van der Waals surface area contributed by atoms with Crippen molar-refractivity contribution in [3.8, 4) is 0 Å². The number of thioether (sulfide) groups is 1. The maximum absolute atomic E-state index is 13.5. The number of aryl methyl sites for hydroxylation is 2. The van der Waals surface area contributed by atoms with Gasteiger partial charge in [-0.1, -0.05) is 30.3 Å². The number of rotatable bonds is 3. The second kappa shape index (κ2) is 9.24. The first-order valence-electron chi connectivity index (χ1n) is 11.2. The second-order valence-corrected chi connectivity index (χ2v) is 11.7. The van der Waals surface area contributed by atoms with Gasteiger partial charge in [0.2, 0.25) is 5.91 Å². The molecule has 3 aromatic rings. The quantitative estimate of drug-likeness (QED) is 0.453. The maximum Gasteiger partial charge on any atom is 0.231 e. The van der Waals surface area contributed by atoms with Crippen LogP contribution in [-0.4, -0.2) is 50.8 Å².